The van der Waals surface area contributed by atoms with Crippen molar-refractivity contribution in [2.75, 3.05) is 11.9 Å². The highest BCUT2D eigenvalue weighted by atomic mass is 32.2. The molecule has 1 saturated heterocycles. The van der Waals surface area contributed by atoms with Crippen LogP contribution in [0.4, 0.5) is 11.4 Å². The minimum atomic E-state index is -0.823. The molecule has 144 valence electrons. The number of benzene rings is 1. The number of thioether (sulfide) groups is 1. The summed E-state index contributed by atoms with van der Waals surface area (Å²) in [6.45, 7) is 2.19. The van der Waals surface area contributed by atoms with Gasteiger partial charge < -0.3 is 4.90 Å². The maximum atomic E-state index is 12.9. The molecule has 2 aliphatic heterocycles. The Balaban J connectivity index is 2.19. The predicted octanol–water partition coefficient (Wildman–Crippen LogP) is 1.45. The molecule has 3 rings (SSSR count). The largest absolute Gasteiger partial charge is 0.311 e. The number of imide groups is 1. The van der Waals surface area contributed by atoms with Crippen molar-refractivity contribution in [1.29, 1.82) is 0 Å². The Hall–Kier alpha value is -3.12. The number of hydrogen-bond acceptors (Lipinski definition) is 8. The normalized spacial score (nSPS) is 18.6. The molecule has 0 bridgehead atoms. The zero-order valence-electron chi connectivity index (χ0n) is 14.8. The fourth-order valence-corrected chi connectivity index (χ4v) is 4.24. The lowest BCUT2D eigenvalue weighted by molar-refractivity contribution is -0.384. The number of rotatable bonds is 2. The molecule has 1 aromatic rings. The third-order valence-corrected chi connectivity index (χ3v) is 5.47. The second-order valence-corrected chi connectivity index (χ2v) is 7.51. The highest BCUT2D eigenvalue weighted by molar-refractivity contribution is 8.26. The van der Waals surface area contributed by atoms with Crippen molar-refractivity contribution in [3.63, 3.8) is 0 Å². The summed E-state index contributed by atoms with van der Waals surface area (Å²) in [6.07, 6.45) is 0. The van der Waals surface area contributed by atoms with Gasteiger partial charge >= 0.3 is 0 Å². The Kier molecular flexibility index (Phi) is 4.77. The lowest BCUT2D eigenvalue weighted by Gasteiger charge is -2.26. The standard InChI is InChI=1S/C16H12N4O6S2/c1-7(21)18(8(2)22)19-15(24)13(28-16(19)27)12-10-6-9(20(25)26)4-5-11(10)17(3)14(12)23/h4-6H,1-3H3/b13-12-. The summed E-state index contributed by atoms with van der Waals surface area (Å²) in [7, 11) is 1.47. The number of non-ortho nitro benzene ring substituents is 1. The fraction of sp³-hybridized carbons (Fsp3) is 0.188. The van der Waals surface area contributed by atoms with Crippen LogP contribution in [-0.2, 0) is 19.2 Å². The Morgan fingerprint density at radius 3 is 2.32 bits per heavy atom. The zero-order chi connectivity index (χ0) is 20.9. The third kappa shape index (κ3) is 2.86. The lowest BCUT2D eigenvalue weighted by Crippen LogP contribution is -2.50. The van der Waals surface area contributed by atoms with Crippen molar-refractivity contribution in [3.05, 3.63) is 38.8 Å². The van der Waals surface area contributed by atoms with Gasteiger partial charge in [0, 0.05) is 38.6 Å². The molecule has 12 heteroatoms. The van der Waals surface area contributed by atoms with Gasteiger partial charge in [-0.05, 0) is 18.3 Å². The highest BCUT2D eigenvalue weighted by Gasteiger charge is 2.45. The van der Waals surface area contributed by atoms with Gasteiger partial charge in [0.15, 0.2) is 4.32 Å². The van der Waals surface area contributed by atoms with E-state index in [1.807, 2.05) is 0 Å². The summed E-state index contributed by atoms with van der Waals surface area (Å²) in [5.74, 6) is -2.81. The minimum absolute atomic E-state index is 0.0619. The number of fused-ring (bicyclic) bond motifs is 1. The molecule has 1 fully saturated rings. The first kappa shape index (κ1) is 19.6. The number of nitro groups is 1. The van der Waals surface area contributed by atoms with Crippen LogP contribution in [0.2, 0.25) is 0 Å². The van der Waals surface area contributed by atoms with Crippen LogP contribution in [-0.4, -0.2) is 49.9 Å². The summed E-state index contributed by atoms with van der Waals surface area (Å²) >= 11 is 5.88. The second-order valence-electron chi connectivity index (χ2n) is 5.86. The van der Waals surface area contributed by atoms with Gasteiger partial charge in [-0.1, -0.05) is 11.8 Å². The molecule has 0 aliphatic carbocycles. The van der Waals surface area contributed by atoms with Crippen molar-refractivity contribution < 1.29 is 24.1 Å². The minimum Gasteiger partial charge on any atom is -0.311 e. The monoisotopic (exact) mass is 420 g/mol. The molecule has 0 saturated carbocycles. The summed E-state index contributed by atoms with van der Waals surface area (Å²) in [5.41, 5.74) is 0.294. The van der Waals surface area contributed by atoms with Gasteiger partial charge in [0.05, 0.1) is 21.1 Å². The van der Waals surface area contributed by atoms with E-state index in [2.05, 4.69) is 0 Å². The average Bonchev–Trinajstić information content (AvgIpc) is 3.02. The molecule has 0 aromatic heterocycles. The average molecular weight is 420 g/mol. The van der Waals surface area contributed by atoms with E-state index in [-0.39, 0.29) is 26.0 Å². The van der Waals surface area contributed by atoms with Crippen molar-refractivity contribution in [2.45, 2.75) is 13.8 Å². The first-order chi connectivity index (χ1) is 13.1. The summed E-state index contributed by atoms with van der Waals surface area (Å²) in [5, 5.41) is 12.4. The van der Waals surface area contributed by atoms with Crippen LogP contribution >= 0.6 is 24.0 Å². The maximum Gasteiger partial charge on any atom is 0.286 e. The molecule has 0 radical (unpaired) electrons. The van der Waals surface area contributed by atoms with Crippen molar-refractivity contribution in [2.24, 2.45) is 0 Å². The number of amides is 4. The van der Waals surface area contributed by atoms with Gasteiger partial charge in [-0.3, -0.25) is 29.3 Å². The Labute approximate surface area is 167 Å². The van der Waals surface area contributed by atoms with Crippen LogP contribution < -0.4 is 4.90 Å². The predicted molar refractivity (Wildman–Crippen MR) is 104 cm³/mol. The molecule has 28 heavy (non-hydrogen) atoms. The summed E-state index contributed by atoms with van der Waals surface area (Å²) < 4.78 is -0.104. The Bertz CT molecular complexity index is 1020. The van der Waals surface area contributed by atoms with E-state index in [1.54, 1.807) is 0 Å². The van der Waals surface area contributed by atoms with E-state index in [0.29, 0.717) is 10.7 Å². The second kappa shape index (κ2) is 6.80. The SMILES string of the molecule is CC(=O)N(C(C)=O)N1C(=O)/C(=C2/C(=O)N(C)c3ccc([N+](=O)[O-])cc32)SC1=S. The van der Waals surface area contributed by atoms with E-state index in [9.17, 15) is 29.3 Å². The molecule has 0 unspecified atom stereocenters. The number of likely N-dealkylation sites (N-methyl/N-ethyl adjacent to an activating group) is 1. The van der Waals surface area contributed by atoms with Crippen LogP contribution in [0.1, 0.15) is 19.4 Å². The summed E-state index contributed by atoms with van der Waals surface area (Å²) in [6, 6.07) is 3.87. The topological polar surface area (TPSA) is 121 Å². The van der Waals surface area contributed by atoms with Crippen molar-refractivity contribution >= 4 is 68.9 Å². The number of hydrazine groups is 1. The first-order valence-electron chi connectivity index (χ1n) is 7.74. The number of carbonyl (C=O) groups is 4. The van der Waals surface area contributed by atoms with Gasteiger partial charge in [0.1, 0.15) is 0 Å². The fourth-order valence-electron chi connectivity index (χ4n) is 2.93. The van der Waals surface area contributed by atoms with Crippen LogP contribution in [0.5, 0.6) is 0 Å². The van der Waals surface area contributed by atoms with Crippen LogP contribution in [0, 0.1) is 10.1 Å². The number of hydrogen-bond donors (Lipinski definition) is 0. The first-order valence-corrected chi connectivity index (χ1v) is 8.97. The zero-order valence-corrected chi connectivity index (χ0v) is 16.4. The highest BCUT2D eigenvalue weighted by Crippen LogP contribution is 2.45. The molecule has 4 amide bonds. The number of nitro benzene ring substituents is 1. The molecule has 0 spiro atoms. The number of anilines is 1. The van der Waals surface area contributed by atoms with E-state index in [0.717, 1.165) is 30.6 Å². The Morgan fingerprint density at radius 2 is 1.79 bits per heavy atom. The van der Waals surface area contributed by atoms with Crippen LogP contribution in [0.3, 0.4) is 0 Å². The van der Waals surface area contributed by atoms with Gasteiger partial charge in [0.25, 0.3) is 17.5 Å². The van der Waals surface area contributed by atoms with Gasteiger partial charge in [0.2, 0.25) is 11.8 Å². The van der Waals surface area contributed by atoms with Crippen molar-refractivity contribution in [3.8, 4) is 0 Å². The van der Waals surface area contributed by atoms with E-state index in [1.165, 1.54) is 30.1 Å². The van der Waals surface area contributed by atoms with Gasteiger partial charge in [-0.2, -0.15) is 10.0 Å². The smallest absolute Gasteiger partial charge is 0.286 e. The van der Waals surface area contributed by atoms with Gasteiger partial charge in [-0.15, -0.1) is 0 Å². The molecule has 2 aliphatic rings. The lowest BCUT2D eigenvalue weighted by atomic mass is 10.1. The molecule has 10 nitrogen and oxygen atoms in total. The molecule has 1 aromatic carbocycles. The summed E-state index contributed by atoms with van der Waals surface area (Å²) in [4.78, 5) is 60.9. The van der Waals surface area contributed by atoms with Crippen molar-refractivity contribution in [1.82, 2.24) is 10.0 Å². The maximum absolute atomic E-state index is 12.9. The number of nitrogens with zero attached hydrogens (tertiary/aromatic N) is 4. The van der Waals surface area contributed by atoms with Crippen LogP contribution in [0.15, 0.2) is 23.1 Å². The van der Waals surface area contributed by atoms with Gasteiger partial charge in [-0.25, -0.2) is 0 Å². The van der Waals surface area contributed by atoms with E-state index in [4.69, 9.17) is 12.2 Å². The quantitative estimate of drug-likeness (QED) is 0.305. The van der Waals surface area contributed by atoms with Crippen LogP contribution in [0.25, 0.3) is 5.57 Å². The molecular formula is C16H12N4O6S2. The number of thiocarbonyl (C=S) groups is 1. The molecule has 2 heterocycles. The Morgan fingerprint density at radius 1 is 1.18 bits per heavy atom. The van der Waals surface area contributed by atoms with E-state index >= 15 is 0 Å². The molecule has 0 N–H and O–H groups in total. The number of carbonyl (C=O) groups excluding carboxylic acids is 4. The molecule has 0 atom stereocenters. The van der Waals surface area contributed by atoms with E-state index < -0.39 is 28.6 Å². The molecular weight excluding hydrogens is 408 g/mol. The third-order valence-electron chi connectivity index (χ3n) is 4.11.